The molecule has 41 heavy (non-hydrogen) atoms. The fraction of sp³-hybridized carbons (Fsp3) is 0.649. The maximum atomic E-state index is 7.43. The van der Waals surface area contributed by atoms with Crippen LogP contribution in [-0.4, -0.2) is 30.6 Å². The highest BCUT2D eigenvalue weighted by Gasteiger charge is 2.41. The third kappa shape index (κ3) is 9.00. The Morgan fingerprint density at radius 1 is 1.07 bits per heavy atom. The van der Waals surface area contributed by atoms with Crippen molar-refractivity contribution in [3.05, 3.63) is 58.4 Å². The Morgan fingerprint density at radius 3 is 2.49 bits per heavy atom. The maximum Gasteiger partial charge on any atom is 0.122 e. The molecule has 1 fully saturated rings. The Kier molecular flexibility index (Phi) is 13.1. The molecule has 1 N–H and O–H groups in total. The highest BCUT2D eigenvalue weighted by atomic mass is 16.5. The topological polar surface area (TPSA) is 58.3 Å². The second-order valence-electron chi connectivity index (χ2n) is 12.8. The summed E-state index contributed by atoms with van der Waals surface area (Å²) in [7, 11) is 0. The summed E-state index contributed by atoms with van der Waals surface area (Å²) < 4.78 is 6.28. The van der Waals surface area contributed by atoms with Crippen LogP contribution in [0.4, 0.5) is 0 Å². The Balaban J connectivity index is 1.48. The van der Waals surface area contributed by atoms with Gasteiger partial charge in [0, 0.05) is 30.1 Å². The number of nitrogens with zero attached hydrogens (tertiary/aromatic N) is 2. The van der Waals surface area contributed by atoms with Crippen molar-refractivity contribution < 1.29 is 4.74 Å². The van der Waals surface area contributed by atoms with Crippen molar-refractivity contribution in [3.8, 4) is 5.75 Å². The van der Waals surface area contributed by atoms with Crippen LogP contribution in [0, 0.1) is 36.0 Å². The molecule has 1 aromatic heterocycles. The van der Waals surface area contributed by atoms with E-state index < -0.39 is 0 Å². The minimum atomic E-state index is 0.0468. The Bertz CT molecular complexity index is 1110. The molecule has 7 atom stereocenters. The molecule has 7 unspecified atom stereocenters. The molecule has 0 aliphatic heterocycles. The van der Waals surface area contributed by atoms with E-state index in [1.807, 2.05) is 0 Å². The molecule has 1 heterocycles. The van der Waals surface area contributed by atoms with Crippen molar-refractivity contribution in [2.24, 2.45) is 28.7 Å². The molecule has 1 aromatic carbocycles. The van der Waals surface area contributed by atoms with Gasteiger partial charge >= 0.3 is 0 Å². The van der Waals surface area contributed by atoms with Gasteiger partial charge in [-0.3, -0.25) is 9.98 Å². The second-order valence-corrected chi connectivity index (χ2v) is 12.8. The number of hydrogen-bond acceptors (Lipinski definition) is 4. The zero-order valence-electron chi connectivity index (χ0n) is 27.1. The fourth-order valence-electron chi connectivity index (χ4n) is 6.79. The van der Waals surface area contributed by atoms with Crippen molar-refractivity contribution in [2.75, 3.05) is 6.61 Å². The lowest BCUT2D eigenvalue weighted by molar-refractivity contribution is 0.279. The first-order valence-corrected chi connectivity index (χ1v) is 16.4. The molecule has 0 spiro atoms. The standard InChI is InChI=1S/C37H57N3O/c1-9-12-31(14-13-25(4)27(6)37-30(11-3)22-29(10-2)24-40-37)34-23-33(34)18-20-41-36-16-15-32(21-26(36)5)28(7)35(39-8)17-19-38/h15-16,19,21-22,24-25,27-28,31,33-35,38H,8-14,17-18,20,23H2,1-7H3. The third-order valence-electron chi connectivity index (χ3n) is 10.0. The first-order valence-electron chi connectivity index (χ1n) is 16.4. The molecular weight excluding hydrogens is 502 g/mol. The number of nitrogens with one attached hydrogen (secondary N) is 1. The molecule has 4 heteroatoms. The summed E-state index contributed by atoms with van der Waals surface area (Å²) in [6.07, 6.45) is 14.1. The van der Waals surface area contributed by atoms with Crippen LogP contribution in [0.3, 0.4) is 0 Å². The molecule has 0 amide bonds. The van der Waals surface area contributed by atoms with E-state index in [9.17, 15) is 0 Å². The number of benzene rings is 1. The van der Waals surface area contributed by atoms with Gasteiger partial charge in [-0.1, -0.05) is 72.6 Å². The molecule has 1 aliphatic carbocycles. The van der Waals surface area contributed by atoms with Crippen molar-refractivity contribution in [1.29, 1.82) is 5.41 Å². The average molecular weight is 560 g/mol. The fourth-order valence-corrected chi connectivity index (χ4v) is 6.79. The molecule has 0 radical (unpaired) electrons. The van der Waals surface area contributed by atoms with Gasteiger partial charge in [0.25, 0.3) is 0 Å². The molecule has 2 aromatic rings. The zero-order valence-corrected chi connectivity index (χ0v) is 27.1. The first-order chi connectivity index (χ1) is 19.8. The van der Waals surface area contributed by atoms with Crippen LogP contribution in [-0.2, 0) is 12.8 Å². The van der Waals surface area contributed by atoms with Crippen LogP contribution in [0.5, 0.6) is 5.75 Å². The minimum Gasteiger partial charge on any atom is -0.493 e. The van der Waals surface area contributed by atoms with Gasteiger partial charge in [0.05, 0.1) is 12.6 Å². The number of hydrogen-bond donors (Lipinski definition) is 1. The summed E-state index contributed by atoms with van der Waals surface area (Å²) in [5, 5.41) is 7.43. The van der Waals surface area contributed by atoms with E-state index in [-0.39, 0.29) is 12.0 Å². The number of rotatable bonds is 19. The second kappa shape index (κ2) is 16.2. The van der Waals surface area contributed by atoms with Crippen LogP contribution in [0.1, 0.15) is 126 Å². The Labute approximate surface area is 251 Å². The van der Waals surface area contributed by atoms with Gasteiger partial charge in [0.2, 0.25) is 0 Å². The lowest BCUT2D eigenvalue weighted by Gasteiger charge is -2.25. The van der Waals surface area contributed by atoms with Gasteiger partial charge in [-0.2, -0.15) is 0 Å². The smallest absolute Gasteiger partial charge is 0.122 e. The van der Waals surface area contributed by atoms with Crippen molar-refractivity contribution in [2.45, 2.75) is 124 Å². The molecule has 0 bridgehead atoms. The normalized spacial score (nSPS) is 20.1. The predicted molar refractivity (Wildman–Crippen MR) is 176 cm³/mol. The van der Waals surface area contributed by atoms with Crippen LogP contribution in [0.15, 0.2) is 35.5 Å². The van der Waals surface area contributed by atoms with Gasteiger partial charge in [-0.15, -0.1) is 0 Å². The van der Waals surface area contributed by atoms with Crippen molar-refractivity contribution in [3.63, 3.8) is 0 Å². The third-order valence-corrected chi connectivity index (χ3v) is 10.0. The monoisotopic (exact) mass is 559 g/mol. The number of pyridine rings is 1. The summed E-state index contributed by atoms with van der Waals surface area (Å²) >= 11 is 0. The van der Waals surface area contributed by atoms with Gasteiger partial charge in [-0.05, 0) is 110 Å². The van der Waals surface area contributed by atoms with Crippen LogP contribution < -0.4 is 4.74 Å². The maximum absolute atomic E-state index is 7.43. The lowest BCUT2D eigenvalue weighted by atomic mass is 9.82. The van der Waals surface area contributed by atoms with E-state index in [4.69, 9.17) is 15.1 Å². The van der Waals surface area contributed by atoms with Gasteiger partial charge in [0.15, 0.2) is 0 Å². The van der Waals surface area contributed by atoms with Crippen molar-refractivity contribution in [1.82, 2.24) is 4.98 Å². The van der Waals surface area contributed by atoms with E-state index in [1.54, 1.807) is 0 Å². The van der Waals surface area contributed by atoms with E-state index in [0.29, 0.717) is 18.3 Å². The molecule has 3 rings (SSSR count). The lowest BCUT2D eigenvalue weighted by Crippen LogP contribution is -2.14. The van der Waals surface area contributed by atoms with Gasteiger partial charge < -0.3 is 10.1 Å². The van der Waals surface area contributed by atoms with E-state index in [2.05, 4.69) is 90.6 Å². The molecular formula is C37H57N3O. The highest BCUT2D eigenvalue weighted by Crippen LogP contribution is 2.50. The summed E-state index contributed by atoms with van der Waals surface area (Å²) in [5.41, 5.74) is 6.54. The zero-order chi connectivity index (χ0) is 29.9. The number of aryl methyl sites for hydroxylation is 3. The summed E-state index contributed by atoms with van der Waals surface area (Å²) in [6.45, 7) is 20.5. The number of ether oxygens (including phenoxy) is 1. The Hall–Kier alpha value is -2.49. The van der Waals surface area contributed by atoms with Gasteiger partial charge in [-0.25, -0.2) is 0 Å². The summed E-state index contributed by atoms with van der Waals surface area (Å²) in [6, 6.07) is 8.93. The highest BCUT2D eigenvalue weighted by molar-refractivity contribution is 5.55. The van der Waals surface area contributed by atoms with E-state index in [1.165, 1.54) is 66.3 Å². The molecule has 1 aliphatic rings. The SMILES string of the molecule is C=NC(CC=N)C(C)c1ccc(OCCC2CC2C(CCC)CCC(C)C(C)c2ncc(CC)cc2CC)c(C)c1. The Morgan fingerprint density at radius 2 is 1.85 bits per heavy atom. The molecule has 0 saturated heterocycles. The first kappa shape index (κ1) is 33.0. The van der Waals surface area contributed by atoms with E-state index >= 15 is 0 Å². The van der Waals surface area contributed by atoms with Crippen LogP contribution in [0.25, 0.3) is 0 Å². The molecule has 4 nitrogen and oxygen atoms in total. The number of aliphatic imine (C=N–C) groups is 1. The molecule has 1 saturated carbocycles. The van der Waals surface area contributed by atoms with Gasteiger partial charge in [0.1, 0.15) is 5.75 Å². The average Bonchev–Trinajstić information content (AvgIpc) is 3.76. The van der Waals surface area contributed by atoms with Crippen molar-refractivity contribution >= 4 is 12.9 Å². The minimum absolute atomic E-state index is 0.0468. The summed E-state index contributed by atoms with van der Waals surface area (Å²) in [4.78, 5) is 9.17. The largest absolute Gasteiger partial charge is 0.493 e. The number of aromatic nitrogens is 1. The van der Waals surface area contributed by atoms with E-state index in [0.717, 1.165) is 49.4 Å². The molecule has 226 valence electrons. The summed E-state index contributed by atoms with van der Waals surface area (Å²) in [5.74, 6) is 4.92. The van der Waals surface area contributed by atoms with Crippen LogP contribution >= 0.6 is 0 Å². The van der Waals surface area contributed by atoms with Crippen LogP contribution in [0.2, 0.25) is 0 Å². The predicted octanol–water partition coefficient (Wildman–Crippen LogP) is 9.77. The quantitative estimate of drug-likeness (QED) is 0.174.